The van der Waals surface area contributed by atoms with Gasteiger partial charge in [0, 0.05) is 18.6 Å². The molecule has 1 aliphatic rings. The number of hydrogen-bond donors (Lipinski definition) is 2. The van der Waals surface area contributed by atoms with Crippen LogP contribution in [0.5, 0.6) is 0 Å². The summed E-state index contributed by atoms with van der Waals surface area (Å²) in [5, 5.41) is 3.03. The van der Waals surface area contributed by atoms with Crippen LogP contribution in [0.15, 0.2) is 30.3 Å². The number of hydrogen-bond acceptors (Lipinski definition) is 3. The maximum absolute atomic E-state index is 12.3. The van der Waals surface area contributed by atoms with Gasteiger partial charge in [0.25, 0.3) is 0 Å². The molecule has 0 saturated carbocycles. The van der Waals surface area contributed by atoms with E-state index in [0.29, 0.717) is 6.54 Å². The van der Waals surface area contributed by atoms with Gasteiger partial charge < -0.3 is 11.1 Å². The third-order valence-electron chi connectivity index (χ3n) is 4.65. The second-order valence-electron chi connectivity index (χ2n) is 7.11. The Morgan fingerprint density at radius 3 is 2.54 bits per heavy atom. The number of halogens is 2. The molecule has 1 saturated heterocycles. The van der Waals surface area contributed by atoms with Crippen LogP contribution >= 0.6 is 24.8 Å². The number of benzene rings is 1. The lowest BCUT2D eigenvalue weighted by Crippen LogP contribution is -2.55. The number of nitrogens with two attached hydrogens (primary N) is 1. The van der Waals surface area contributed by atoms with Gasteiger partial charge in [-0.1, -0.05) is 37.3 Å². The summed E-state index contributed by atoms with van der Waals surface area (Å²) >= 11 is 0. The van der Waals surface area contributed by atoms with Gasteiger partial charge in [-0.3, -0.25) is 9.69 Å². The molecule has 1 fully saturated rings. The predicted molar refractivity (Wildman–Crippen MR) is 105 cm³/mol. The molecular weight excluding hydrogens is 345 g/mol. The number of nitrogens with one attached hydrogen (secondary N) is 1. The first-order valence-corrected chi connectivity index (χ1v) is 8.23. The van der Waals surface area contributed by atoms with E-state index in [1.54, 1.807) is 0 Å². The first-order valence-electron chi connectivity index (χ1n) is 8.23. The minimum absolute atomic E-state index is 0. The van der Waals surface area contributed by atoms with E-state index < -0.39 is 6.04 Å². The van der Waals surface area contributed by atoms with E-state index in [1.165, 1.54) is 12.8 Å². The zero-order valence-corrected chi connectivity index (χ0v) is 16.5. The Morgan fingerprint density at radius 1 is 1.33 bits per heavy atom. The number of nitrogens with zero attached hydrogens (tertiary/aromatic N) is 1. The van der Waals surface area contributed by atoms with Crippen molar-refractivity contribution < 1.29 is 4.79 Å². The van der Waals surface area contributed by atoms with Crippen LogP contribution in [0.1, 0.15) is 45.2 Å². The smallest absolute Gasteiger partial charge is 0.241 e. The van der Waals surface area contributed by atoms with E-state index >= 15 is 0 Å². The van der Waals surface area contributed by atoms with Gasteiger partial charge in [-0.05, 0) is 44.7 Å². The monoisotopic (exact) mass is 375 g/mol. The third-order valence-corrected chi connectivity index (χ3v) is 4.65. The van der Waals surface area contributed by atoms with E-state index in [-0.39, 0.29) is 36.3 Å². The van der Waals surface area contributed by atoms with Gasteiger partial charge in [0.05, 0.1) is 0 Å². The van der Waals surface area contributed by atoms with Crippen molar-refractivity contribution in [2.75, 3.05) is 19.6 Å². The number of piperidine rings is 1. The van der Waals surface area contributed by atoms with Crippen molar-refractivity contribution in [2.45, 2.75) is 45.2 Å². The molecule has 2 atom stereocenters. The Kier molecular flexibility index (Phi) is 9.90. The number of likely N-dealkylation sites (tertiary alicyclic amines) is 1. The number of carbonyl (C=O) groups is 1. The van der Waals surface area contributed by atoms with Gasteiger partial charge in [-0.2, -0.15) is 0 Å². The summed E-state index contributed by atoms with van der Waals surface area (Å²) in [6.07, 6.45) is 2.54. The lowest BCUT2D eigenvalue weighted by Gasteiger charge is -2.43. The highest BCUT2D eigenvalue weighted by Crippen LogP contribution is 2.23. The maximum atomic E-state index is 12.3. The molecule has 0 spiro atoms. The number of amides is 1. The third kappa shape index (κ3) is 6.25. The minimum atomic E-state index is -0.600. The minimum Gasteiger partial charge on any atom is -0.353 e. The van der Waals surface area contributed by atoms with Crippen LogP contribution in [0.2, 0.25) is 0 Å². The molecule has 138 valence electrons. The summed E-state index contributed by atoms with van der Waals surface area (Å²) in [5.74, 6) is 0.625. The first kappa shape index (κ1) is 23.2. The Bertz CT molecular complexity index is 496. The summed E-state index contributed by atoms with van der Waals surface area (Å²) in [6.45, 7) is 9.52. The second kappa shape index (κ2) is 10.2. The molecule has 1 aromatic carbocycles. The zero-order valence-electron chi connectivity index (χ0n) is 14.8. The molecule has 0 radical (unpaired) electrons. The molecular formula is C18H31Cl2N3O. The van der Waals surface area contributed by atoms with Gasteiger partial charge >= 0.3 is 0 Å². The lowest BCUT2D eigenvalue weighted by molar-refractivity contribution is -0.123. The first-order chi connectivity index (χ1) is 10.4. The van der Waals surface area contributed by atoms with Crippen molar-refractivity contribution in [3.63, 3.8) is 0 Å². The molecule has 0 aromatic heterocycles. The highest BCUT2D eigenvalue weighted by molar-refractivity contribution is 5.85. The topological polar surface area (TPSA) is 58.4 Å². The average Bonchev–Trinajstić information content (AvgIpc) is 2.53. The fourth-order valence-electron chi connectivity index (χ4n) is 3.08. The molecule has 1 heterocycles. The van der Waals surface area contributed by atoms with Crippen molar-refractivity contribution in [3.05, 3.63) is 35.9 Å². The van der Waals surface area contributed by atoms with Crippen molar-refractivity contribution >= 4 is 30.7 Å². The molecule has 3 N–H and O–H groups in total. The van der Waals surface area contributed by atoms with E-state index in [9.17, 15) is 4.79 Å². The summed E-state index contributed by atoms with van der Waals surface area (Å²) in [4.78, 5) is 14.8. The molecule has 0 bridgehead atoms. The fourth-order valence-corrected chi connectivity index (χ4v) is 3.08. The van der Waals surface area contributed by atoms with Gasteiger partial charge in [-0.15, -0.1) is 24.8 Å². The molecule has 0 aliphatic carbocycles. The normalized spacial score (nSPS) is 19.6. The highest BCUT2D eigenvalue weighted by Gasteiger charge is 2.31. The van der Waals surface area contributed by atoms with Crippen molar-refractivity contribution in [3.8, 4) is 0 Å². The summed E-state index contributed by atoms with van der Waals surface area (Å²) in [6, 6.07) is 8.92. The number of carbonyl (C=O) groups excluding carboxylic acids is 1. The second-order valence-corrected chi connectivity index (χ2v) is 7.11. The van der Waals surface area contributed by atoms with Crippen LogP contribution in [0, 0.1) is 5.92 Å². The Morgan fingerprint density at radius 2 is 1.96 bits per heavy atom. The molecule has 1 aromatic rings. The molecule has 4 nitrogen and oxygen atoms in total. The summed E-state index contributed by atoms with van der Waals surface area (Å²) < 4.78 is 0. The van der Waals surface area contributed by atoms with Gasteiger partial charge in [0.1, 0.15) is 6.04 Å². The Hall–Kier alpha value is -0.810. The van der Waals surface area contributed by atoms with Gasteiger partial charge in [-0.25, -0.2) is 0 Å². The quantitative estimate of drug-likeness (QED) is 0.830. The Labute approximate surface area is 158 Å². The van der Waals surface area contributed by atoms with Crippen molar-refractivity contribution in [1.29, 1.82) is 0 Å². The van der Waals surface area contributed by atoms with E-state index in [0.717, 1.165) is 24.6 Å². The van der Waals surface area contributed by atoms with Crippen LogP contribution in [0.3, 0.4) is 0 Å². The van der Waals surface area contributed by atoms with E-state index in [2.05, 4.69) is 31.0 Å². The molecule has 24 heavy (non-hydrogen) atoms. The fraction of sp³-hybridized carbons (Fsp3) is 0.611. The van der Waals surface area contributed by atoms with Crippen LogP contribution in [0.25, 0.3) is 0 Å². The summed E-state index contributed by atoms with van der Waals surface area (Å²) in [5.41, 5.74) is 6.85. The largest absolute Gasteiger partial charge is 0.353 e. The number of rotatable bonds is 5. The highest BCUT2D eigenvalue weighted by atomic mass is 35.5. The van der Waals surface area contributed by atoms with Gasteiger partial charge in [0.15, 0.2) is 0 Å². The lowest BCUT2D eigenvalue weighted by atomic mass is 9.93. The van der Waals surface area contributed by atoms with Crippen molar-refractivity contribution in [2.24, 2.45) is 11.7 Å². The predicted octanol–water partition coefficient (Wildman–Crippen LogP) is 3.16. The molecule has 6 heteroatoms. The SMILES string of the molecule is CC1CCCN(C(C)(C)CNC(=O)C(N)c2ccccc2)C1.Cl.Cl. The van der Waals surface area contributed by atoms with Gasteiger partial charge in [0.2, 0.25) is 5.91 Å². The van der Waals surface area contributed by atoms with Crippen LogP contribution in [-0.4, -0.2) is 36.0 Å². The van der Waals surface area contributed by atoms with Crippen LogP contribution < -0.4 is 11.1 Å². The van der Waals surface area contributed by atoms with Crippen LogP contribution in [-0.2, 0) is 4.79 Å². The Balaban J connectivity index is 0.00000264. The van der Waals surface area contributed by atoms with Crippen molar-refractivity contribution in [1.82, 2.24) is 10.2 Å². The van der Waals surface area contributed by atoms with Crippen LogP contribution in [0.4, 0.5) is 0 Å². The van der Waals surface area contributed by atoms with E-state index in [1.807, 2.05) is 30.3 Å². The summed E-state index contributed by atoms with van der Waals surface area (Å²) in [7, 11) is 0. The standard InChI is InChI=1S/C18H29N3O.2ClH/c1-14-8-7-11-21(12-14)18(2,3)13-20-17(22)16(19)15-9-5-4-6-10-15;;/h4-6,9-10,14,16H,7-8,11-13,19H2,1-3H3,(H,20,22);2*1H. The average molecular weight is 376 g/mol. The molecule has 1 aliphatic heterocycles. The molecule has 2 rings (SSSR count). The van der Waals surface area contributed by atoms with E-state index in [4.69, 9.17) is 5.73 Å². The zero-order chi connectivity index (χ0) is 16.2. The molecule has 1 amide bonds. The molecule has 2 unspecified atom stereocenters. The maximum Gasteiger partial charge on any atom is 0.241 e.